The number of nitrogens with one attached hydrogen (secondary N) is 2. The molecule has 0 saturated carbocycles. The summed E-state index contributed by atoms with van der Waals surface area (Å²) in [6, 6.07) is 1.47. The molecule has 1 aliphatic rings. The largest absolute Gasteiger partial charge is 0.464 e. The average Bonchev–Trinajstić information content (AvgIpc) is 2.97. The second-order valence-electron chi connectivity index (χ2n) is 4.73. The molecule has 1 atom stereocenters. The number of likely N-dealkylation sites (N-methyl/N-ethyl adjacent to an activating group) is 1. The molecule has 1 aromatic rings. The molecular weight excluding hydrogens is 318 g/mol. The SMILES string of the molecule is CNC1CCCN(S(=O)(=O)c2c[nH]c(C(=O)OC)c2)C1.Cl. The van der Waals surface area contributed by atoms with Crippen molar-refractivity contribution < 1.29 is 17.9 Å². The number of aromatic amines is 1. The number of rotatable bonds is 4. The molecule has 0 spiro atoms. The Kier molecular flexibility index (Phi) is 6.21. The molecule has 2 heterocycles. The molecule has 0 amide bonds. The van der Waals surface area contributed by atoms with Crippen LogP contribution in [-0.2, 0) is 14.8 Å². The molecule has 7 nitrogen and oxygen atoms in total. The summed E-state index contributed by atoms with van der Waals surface area (Å²) in [5.41, 5.74) is 0.133. The van der Waals surface area contributed by atoms with Crippen molar-refractivity contribution in [2.24, 2.45) is 0 Å². The number of aromatic nitrogens is 1. The second-order valence-corrected chi connectivity index (χ2v) is 6.67. The van der Waals surface area contributed by atoms with Crippen molar-refractivity contribution >= 4 is 28.4 Å². The minimum absolute atomic E-state index is 0. The van der Waals surface area contributed by atoms with E-state index in [1.807, 2.05) is 7.05 Å². The Morgan fingerprint density at radius 1 is 1.52 bits per heavy atom. The molecular formula is C12H20ClN3O4S. The molecule has 120 valence electrons. The molecule has 2 rings (SSSR count). The minimum Gasteiger partial charge on any atom is -0.464 e. The van der Waals surface area contributed by atoms with Crippen LogP contribution in [0.1, 0.15) is 23.3 Å². The first-order valence-corrected chi connectivity index (χ1v) is 7.87. The molecule has 0 radical (unpaired) electrons. The summed E-state index contributed by atoms with van der Waals surface area (Å²) >= 11 is 0. The zero-order chi connectivity index (χ0) is 14.8. The number of H-pyrrole nitrogens is 1. The van der Waals surface area contributed by atoms with Gasteiger partial charge >= 0.3 is 5.97 Å². The number of carbonyl (C=O) groups is 1. The number of methoxy groups -OCH3 is 1. The first-order chi connectivity index (χ1) is 9.48. The number of esters is 1. The van der Waals surface area contributed by atoms with Gasteiger partial charge in [0.2, 0.25) is 10.0 Å². The first-order valence-electron chi connectivity index (χ1n) is 6.43. The molecule has 2 N–H and O–H groups in total. The molecule has 9 heteroatoms. The highest BCUT2D eigenvalue weighted by Crippen LogP contribution is 2.21. The van der Waals surface area contributed by atoms with Gasteiger partial charge in [0, 0.05) is 25.3 Å². The van der Waals surface area contributed by atoms with Gasteiger partial charge in [-0.1, -0.05) is 0 Å². The van der Waals surface area contributed by atoms with Gasteiger partial charge in [-0.2, -0.15) is 4.31 Å². The molecule has 1 fully saturated rings. The number of hydrogen-bond donors (Lipinski definition) is 2. The van der Waals surface area contributed by atoms with E-state index in [1.54, 1.807) is 0 Å². The fraction of sp³-hybridized carbons (Fsp3) is 0.583. The van der Waals surface area contributed by atoms with E-state index in [1.165, 1.54) is 23.7 Å². The number of nitrogens with zero attached hydrogens (tertiary/aromatic N) is 1. The van der Waals surface area contributed by atoms with Crippen LogP contribution in [0.4, 0.5) is 0 Å². The van der Waals surface area contributed by atoms with Crippen LogP contribution in [0, 0.1) is 0 Å². The van der Waals surface area contributed by atoms with E-state index in [-0.39, 0.29) is 29.0 Å². The number of halogens is 1. The van der Waals surface area contributed by atoms with Gasteiger partial charge in [-0.05, 0) is 26.0 Å². The third kappa shape index (κ3) is 3.76. The molecule has 0 aliphatic carbocycles. The lowest BCUT2D eigenvalue weighted by Crippen LogP contribution is -2.46. The van der Waals surface area contributed by atoms with Gasteiger partial charge in [0.25, 0.3) is 0 Å². The van der Waals surface area contributed by atoms with Gasteiger partial charge in [0.15, 0.2) is 0 Å². The quantitative estimate of drug-likeness (QED) is 0.785. The lowest BCUT2D eigenvalue weighted by atomic mass is 10.1. The Morgan fingerprint density at radius 3 is 2.86 bits per heavy atom. The summed E-state index contributed by atoms with van der Waals surface area (Å²) in [4.78, 5) is 14.1. The van der Waals surface area contributed by atoms with Crippen molar-refractivity contribution in [1.29, 1.82) is 0 Å². The van der Waals surface area contributed by atoms with Crippen molar-refractivity contribution in [3.05, 3.63) is 18.0 Å². The van der Waals surface area contributed by atoms with Gasteiger partial charge in [0.05, 0.1) is 7.11 Å². The maximum Gasteiger partial charge on any atom is 0.354 e. The highest BCUT2D eigenvalue weighted by atomic mass is 35.5. The van der Waals surface area contributed by atoms with Crippen molar-refractivity contribution in [2.75, 3.05) is 27.2 Å². The van der Waals surface area contributed by atoms with Crippen molar-refractivity contribution in [1.82, 2.24) is 14.6 Å². The van der Waals surface area contributed by atoms with Crippen LogP contribution in [0.15, 0.2) is 17.2 Å². The molecule has 21 heavy (non-hydrogen) atoms. The highest BCUT2D eigenvalue weighted by Gasteiger charge is 2.30. The molecule has 1 aliphatic heterocycles. The number of piperidine rings is 1. The van der Waals surface area contributed by atoms with Crippen LogP contribution in [0.2, 0.25) is 0 Å². The van der Waals surface area contributed by atoms with Gasteiger partial charge in [-0.15, -0.1) is 12.4 Å². The summed E-state index contributed by atoms with van der Waals surface area (Å²) < 4.78 is 31.0. The minimum atomic E-state index is -3.57. The van der Waals surface area contributed by atoms with Crippen LogP contribution in [0.3, 0.4) is 0 Å². The standard InChI is InChI=1S/C12H19N3O4S.ClH/c1-13-9-4-3-5-15(8-9)20(17,18)10-6-11(14-7-10)12(16)19-2;/h6-7,9,13-14H,3-5,8H2,1-2H3;1H. The Hall–Kier alpha value is -1.09. The lowest BCUT2D eigenvalue weighted by molar-refractivity contribution is 0.0595. The van der Waals surface area contributed by atoms with Crippen molar-refractivity contribution in [3.8, 4) is 0 Å². The van der Waals surface area contributed by atoms with E-state index in [0.29, 0.717) is 13.1 Å². The predicted molar refractivity (Wildman–Crippen MR) is 80.2 cm³/mol. The zero-order valence-electron chi connectivity index (χ0n) is 12.0. The predicted octanol–water partition coefficient (Wildman–Crippen LogP) is 0.596. The lowest BCUT2D eigenvalue weighted by Gasteiger charge is -2.31. The van der Waals surface area contributed by atoms with Gasteiger partial charge in [-0.3, -0.25) is 0 Å². The van der Waals surface area contributed by atoms with Crippen molar-refractivity contribution in [2.45, 2.75) is 23.8 Å². The van der Waals surface area contributed by atoms with Crippen molar-refractivity contribution in [3.63, 3.8) is 0 Å². The zero-order valence-corrected chi connectivity index (χ0v) is 13.6. The monoisotopic (exact) mass is 337 g/mol. The van der Waals surface area contributed by atoms with Crippen LogP contribution in [0.5, 0.6) is 0 Å². The number of sulfonamides is 1. The van der Waals surface area contributed by atoms with Crippen LogP contribution in [-0.4, -0.2) is 57.0 Å². The maximum absolute atomic E-state index is 12.5. The van der Waals surface area contributed by atoms with E-state index < -0.39 is 16.0 Å². The normalized spacial score (nSPS) is 19.8. The molecule has 1 saturated heterocycles. The fourth-order valence-corrected chi connectivity index (χ4v) is 3.82. The van der Waals surface area contributed by atoms with Crippen LogP contribution >= 0.6 is 12.4 Å². The molecule has 1 unspecified atom stereocenters. The Balaban J connectivity index is 0.00000220. The average molecular weight is 338 g/mol. The highest BCUT2D eigenvalue weighted by molar-refractivity contribution is 7.89. The summed E-state index contributed by atoms with van der Waals surface area (Å²) in [6.07, 6.45) is 3.10. The second kappa shape index (κ2) is 7.26. The molecule has 0 aromatic carbocycles. The van der Waals surface area contributed by atoms with E-state index >= 15 is 0 Å². The summed E-state index contributed by atoms with van der Waals surface area (Å²) in [5.74, 6) is -0.585. The van der Waals surface area contributed by atoms with Gasteiger partial charge < -0.3 is 15.0 Å². The van der Waals surface area contributed by atoms with E-state index in [0.717, 1.165) is 12.8 Å². The summed E-state index contributed by atoms with van der Waals surface area (Å²) in [7, 11) is -0.496. The fourth-order valence-electron chi connectivity index (χ4n) is 2.30. The first kappa shape index (κ1) is 18.0. The maximum atomic E-state index is 12.5. The third-order valence-corrected chi connectivity index (χ3v) is 5.33. The topological polar surface area (TPSA) is 91.5 Å². The Bertz CT molecular complexity index is 587. The van der Waals surface area contributed by atoms with Gasteiger partial charge in [-0.25, -0.2) is 13.2 Å². The third-order valence-electron chi connectivity index (χ3n) is 3.49. The number of carbonyl (C=O) groups excluding carboxylic acids is 1. The van der Waals surface area contributed by atoms with Crippen LogP contribution in [0.25, 0.3) is 0 Å². The van der Waals surface area contributed by atoms with E-state index in [9.17, 15) is 13.2 Å². The molecule has 0 bridgehead atoms. The molecule has 1 aromatic heterocycles. The summed E-state index contributed by atoms with van der Waals surface area (Å²) in [6.45, 7) is 0.941. The number of hydrogen-bond acceptors (Lipinski definition) is 5. The summed E-state index contributed by atoms with van der Waals surface area (Å²) in [5, 5.41) is 3.10. The van der Waals surface area contributed by atoms with E-state index in [2.05, 4.69) is 15.0 Å². The Morgan fingerprint density at radius 2 is 2.24 bits per heavy atom. The van der Waals surface area contributed by atoms with Gasteiger partial charge in [0.1, 0.15) is 10.6 Å². The smallest absolute Gasteiger partial charge is 0.354 e. The number of ether oxygens (including phenoxy) is 1. The van der Waals surface area contributed by atoms with Crippen LogP contribution < -0.4 is 5.32 Å². The van der Waals surface area contributed by atoms with E-state index in [4.69, 9.17) is 0 Å². The Labute approximate surface area is 130 Å².